The zero-order valence-corrected chi connectivity index (χ0v) is 20.8. The number of carbonyl (C=O) groups is 1. The van der Waals surface area contributed by atoms with E-state index in [2.05, 4.69) is 41.9 Å². The van der Waals surface area contributed by atoms with Crippen LogP contribution in [0.4, 0.5) is 0 Å². The molecule has 1 amide bonds. The third-order valence-electron chi connectivity index (χ3n) is 6.85. The van der Waals surface area contributed by atoms with Crippen LogP contribution in [0.3, 0.4) is 0 Å². The third kappa shape index (κ3) is 3.39. The first-order valence-electron chi connectivity index (χ1n) is 11.5. The van der Waals surface area contributed by atoms with E-state index in [1.807, 2.05) is 23.1 Å². The fraction of sp³-hybridized carbons (Fsp3) is 0.385. The second-order valence-electron chi connectivity index (χ2n) is 9.83. The van der Waals surface area contributed by atoms with Gasteiger partial charge in [0.15, 0.2) is 5.84 Å². The Morgan fingerprint density at radius 1 is 1.18 bits per heavy atom. The number of thiophene rings is 1. The Morgan fingerprint density at radius 2 is 1.97 bits per heavy atom. The van der Waals surface area contributed by atoms with Gasteiger partial charge in [0.25, 0.3) is 5.91 Å². The molecule has 0 radical (unpaired) electrons. The van der Waals surface area contributed by atoms with Gasteiger partial charge < -0.3 is 14.2 Å². The van der Waals surface area contributed by atoms with Crippen molar-refractivity contribution in [1.82, 2.24) is 9.47 Å². The molecule has 2 N–H and O–H groups in total. The highest BCUT2D eigenvalue weighted by Gasteiger charge is 2.38. The summed E-state index contributed by atoms with van der Waals surface area (Å²) < 4.78 is 7.75. The molecule has 176 valence electrons. The van der Waals surface area contributed by atoms with Crippen LogP contribution in [0.1, 0.15) is 54.4 Å². The van der Waals surface area contributed by atoms with Crippen molar-refractivity contribution in [3.8, 4) is 27.4 Å². The number of rotatable bonds is 3. The van der Waals surface area contributed by atoms with Crippen LogP contribution in [0.25, 0.3) is 21.7 Å². The Kier molecular flexibility index (Phi) is 5.43. The Balaban J connectivity index is 1.83. The monoisotopic (exact) mass is 475 g/mol. The first-order chi connectivity index (χ1) is 16.3. The summed E-state index contributed by atoms with van der Waals surface area (Å²) in [5.74, 6) is 0.502. The number of aromatic nitrogens is 1. The number of hydrogen-bond acceptors (Lipinski definition) is 5. The lowest BCUT2D eigenvalue weighted by Crippen LogP contribution is -2.46. The maximum absolute atomic E-state index is 14.0. The largest absolute Gasteiger partial charge is 0.496 e. The summed E-state index contributed by atoms with van der Waals surface area (Å²) in [7, 11) is 1.58. The van der Waals surface area contributed by atoms with Gasteiger partial charge in [-0.2, -0.15) is 0 Å². The number of amides is 1. The van der Waals surface area contributed by atoms with Crippen LogP contribution in [0, 0.1) is 10.9 Å². The molecular weight excluding hydrogens is 446 g/mol. The Morgan fingerprint density at radius 3 is 2.62 bits per heavy atom. The summed E-state index contributed by atoms with van der Waals surface area (Å²) in [6.45, 7) is 7.75. The molecule has 1 aromatic carbocycles. The number of fused-ring (bicyclic) bond motifs is 5. The van der Waals surface area contributed by atoms with Crippen LogP contribution in [-0.2, 0) is 19.4 Å². The number of aryl methyl sites for hydroxylation is 1. The second kappa shape index (κ2) is 8.20. The van der Waals surface area contributed by atoms with Crippen molar-refractivity contribution < 1.29 is 9.53 Å². The van der Waals surface area contributed by atoms with Crippen LogP contribution in [0.15, 0.2) is 34.8 Å². The molecule has 0 unspecified atom stereocenters. The maximum Gasteiger partial charge on any atom is 0.271 e. The van der Waals surface area contributed by atoms with Gasteiger partial charge in [-0.25, -0.2) is 5.53 Å². The van der Waals surface area contributed by atoms with Gasteiger partial charge in [0.05, 0.1) is 18.4 Å². The number of amidine groups is 1. The van der Waals surface area contributed by atoms with Crippen molar-refractivity contribution in [2.45, 2.75) is 52.1 Å². The first kappa shape index (κ1) is 22.5. The maximum atomic E-state index is 14.0. The summed E-state index contributed by atoms with van der Waals surface area (Å²) in [5.41, 5.74) is 13.8. The van der Waals surface area contributed by atoms with E-state index in [9.17, 15) is 4.79 Å². The minimum Gasteiger partial charge on any atom is -0.496 e. The van der Waals surface area contributed by atoms with Gasteiger partial charge in [-0.3, -0.25) is 10.2 Å². The van der Waals surface area contributed by atoms with Crippen molar-refractivity contribution in [3.05, 3.63) is 52.0 Å². The minimum atomic E-state index is -0.260. The van der Waals surface area contributed by atoms with E-state index in [1.54, 1.807) is 18.4 Å². The smallest absolute Gasteiger partial charge is 0.271 e. The molecule has 5 rings (SSSR count). The first-order valence-corrected chi connectivity index (χ1v) is 12.4. The Bertz CT molecular complexity index is 1310. The topological polar surface area (TPSA) is 94.5 Å². The molecule has 0 fully saturated rings. The molecule has 34 heavy (non-hydrogen) atoms. The lowest BCUT2D eigenvalue weighted by molar-refractivity contribution is 0.0579. The number of nitrogens with one attached hydrogen (secondary N) is 2. The fourth-order valence-electron chi connectivity index (χ4n) is 5.33. The standard InChI is InChI=1S/C26H29N5O2S/c1-26(2,3)31-10-5-7-16-21(20-8-6-12-34-20)22-17-14-18(24(27)29-28)19(33-4)13-15(17)9-11-30(22)23(16)25(31)32/h6,8,12-14,27-28H,5,7,9-11H2,1-4H3. The van der Waals surface area contributed by atoms with Gasteiger partial charge in [0.2, 0.25) is 0 Å². The Hall–Kier alpha value is -3.26. The van der Waals surface area contributed by atoms with Gasteiger partial charge in [-0.05, 0) is 74.7 Å². The number of methoxy groups -OCH3 is 1. The number of nitrogens with zero attached hydrogens (tertiary/aromatic N) is 3. The zero-order valence-electron chi connectivity index (χ0n) is 20.0. The highest BCUT2D eigenvalue weighted by molar-refractivity contribution is 7.13. The molecule has 4 heterocycles. The molecule has 7 nitrogen and oxygen atoms in total. The van der Waals surface area contributed by atoms with E-state index in [1.165, 1.54) is 0 Å². The van der Waals surface area contributed by atoms with Crippen LogP contribution in [0.2, 0.25) is 0 Å². The van der Waals surface area contributed by atoms with Gasteiger partial charge in [0, 0.05) is 34.6 Å². The molecule has 8 heteroatoms. The normalized spacial score (nSPS) is 15.3. The summed E-state index contributed by atoms with van der Waals surface area (Å²) in [6, 6.07) is 8.06. The molecule has 0 aliphatic carbocycles. The Labute approximate surface area is 203 Å². The van der Waals surface area contributed by atoms with Crippen LogP contribution in [-0.4, -0.2) is 40.4 Å². The van der Waals surface area contributed by atoms with Crippen LogP contribution in [0.5, 0.6) is 5.75 Å². The molecule has 0 bridgehead atoms. The highest BCUT2D eigenvalue weighted by Crippen LogP contribution is 2.47. The fourth-order valence-corrected chi connectivity index (χ4v) is 6.13. The van der Waals surface area contributed by atoms with Crippen LogP contribution < -0.4 is 4.74 Å². The van der Waals surface area contributed by atoms with Crippen molar-refractivity contribution in [2.24, 2.45) is 5.11 Å². The van der Waals surface area contributed by atoms with E-state index in [-0.39, 0.29) is 17.3 Å². The van der Waals surface area contributed by atoms with Crippen molar-refractivity contribution >= 4 is 23.1 Å². The third-order valence-corrected chi connectivity index (χ3v) is 7.74. The van der Waals surface area contributed by atoms with E-state index < -0.39 is 0 Å². The number of hydrogen-bond donors (Lipinski definition) is 2. The van der Waals surface area contributed by atoms with Crippen LogP contribution >= 0.6 is 11.3 Å². The van der Waals surface area contributed by atoms with Crippen molar-refractivity contribution in [1.29, 1.82) is 10.9 Å². The van der Waals surface area contributed by atoms with Crippen molar-refractivity contribution in [3.63, 3.8) is 0 Å². The summed E-state index contributed by atoms with van der Waals surface area (Å²) in [5, 5.41) is 13.6. The second-order valence-corrected chi connectivity index (χ2v) is 10.8. The lowest BCUT2D eigenvalue weighted by atomic mass is 9.91. The quantitative estimate of drug-likeness (QED) is 0.276. The van der Waals surface area contributed by atoms with E-state index in [0.717, 1.165) is 64.3 Å². The zero-order chi connectivity index (χ0) is 24.2. The molecule has 0 spiro atoms. The summed E-state index contributed by atoms with van der Waals surface area (Å²) >= 11 is 1.68. The van der Waals surface area contributed by atoms with E-state index >= 15 is 0 Å². The van der Waals surface area contributed by atoms with E-state index in [0.29, 0.717) is 17.9 Å². The molecule has 2 aliphatic rings. The predicted octanol–water partition coefficient (Wildman–Crippen LogP) is 5.99. The summed E-state index contributed by atoms with van der Waals surface area (Å²) in [4.78, 5) is 17.1. The number of benzene rings is 1. The molecular formula is C26H29N5O2S. The predicted molar refractivity (Wildman–Crippen MR) is 135 cm³/mol. The molecule has 2 aliphatic heterocycles. The average Bonchev–Trinajstić information content (AvgIpc) is 3.40. The number of ether oxygens (including phenoxy) is 1. The van der Waals surface area contributed by atoms with E-state index in [4.69, 9.17) is 15.7 Å². The highest BCUT2D eigenvalue weighted by atomic mass is 32.1. The molecule has 3 aromatic rings. The average molecular weight is 476 g/mol. The van der Waals surface area contributed by atoms with Gasteiger partial charge >= 0.3 is 0 Å². The molecule has 0 atom stereocenters. The molecule has 0 saturated heterocycles. The lowest BCUT2D eigenvalue weighted by Gasteiger charge is -2.35. The van der Waals surface area contributed by atoms with Gasteiger partial charge in [-0.15, -0.1) is 16.5 Å². The molecule has 2 aromatic heterocycles. The van der Waals surface area contributed by atoms with Gasteiger partial charge in [0.1, 0.15) is 11.4 Å². The summed E-state index contributed by atoms with van der Waals surface area (Å²) in [6.07, 6.45) is 2.52. The number of carbonyl (C=O) groups excluding carboxylic acids is 1. The van der Waals surface area contributed by atoms with Crippen molar-refractivity contribution in [2.75, 3.05) is 13.7 Å². The minimum absolute atomic E-state index is 0.0927. The molecule has 0 saturated carbocycles. The van der Waals surface area contributed by atoms with Gasteiger partial charge in [-0.1, -0.05) is 6.07 Å². The SMILES string of the molecule is COc1cc2c(cc1C(=N)N=N)-c1c(-c3cccs3)c3c(n1CC2)C(=O)N(C(C)(C)C)CCC3.